The van der Waals surface area contributed by atoms with Crippen LogP contribution in [-0.4, -0.2) is 29.2 Å². The van der Waals surface area contributed by atoms with Crippen molar-refractivity contribution in [1.29, 1.82) is 0 Å². The number of nitrogens with zero attached hydrogens (tertiary/aromatic N) is 1. The van der Waals surface area contributed by atoms with E-state index in [-0.39, 0.29) is 11.7 Å². The van der Waals surface area contributed by atoms with Crippen LogP contribution in [0.1, 0.15) is 40.5 Å². The van der Waals surface area contributed by atoms with Gasteiger partial charge in [-0.05, 0) is 27.2 Å². The van der Waals surface area contributed by atoms with E-state index >= 15 is 0 Å². The molecule has 13 heavy (non-hydrogen) atoms. The summed E-state index contributed by atoms with van der Waals surface area (Å²) in [5.74, 6) is 0. The molecule has 1 aliphatic heterocycles. The predicted molar refractivity (Wildman–Crippen MR) is 51.6 cm³/mol. The third kappa shape index (κ3) is 3.25. The Morgan fingerprint density at radius 3 is 2.62 bits per heavy atom. The van der Waals surface area contributed by atoms with Crippen LogP contribution in [0.5, 0.6) is 0 Å². The van der Waals surface area contributed by atoms with Crippen molar-refractivity contribution in [3.8, 4) is 0 Å². The van der Waals surface area contributed by atoms with Gasteiger partial charge in [-0.15, -0.1) is 0 Å². The highest BCUT2D eigenvalue weighted by molar-refractivity contribution is 5.71. The van der Waals surface area contributed by atoms with Crippen LogP contribution in [0.15, 0.2) is 0 Å². The molecule has 3 heteroatoms. The van der Waals surface area contributed by atoms with Gasteiger partial charge in [0, 0.05) is 6.54 Å². The van der Waals surface area contributed by atoms with Crippen molar-refractivity contribution in [1.82, 2.24) is 4.90 Å². The minimum absolute atomic E-state index is 0.161. The third-order valence-corrected chi connectivity index (χ3v) is 1.96. The van der Waals surface area contributed by atoms with Crippen LogP contribution >= 0.6 is 0 Å². The summed E-state index contributed by atoms with van der Waals surface area (Å²) in [7, 11) is 0. The minimum Gasteiger partial charge on any atom is -0.444 e. The molecule has 1 fully saturated rings. The lowest BCUT2D eigenvalue weighted by Gasteiger charge is -2.19. The first-order valence-electron chi connectivity index (χ1n) is 4.93. The van der Waals surface area contributed by atoms with Gasteiger partial charge >= 0.3 is 6.09 Å². The van der Waals surface area contributed by atoms with Crippen molar-refractivity contribution >= 4 is 6.09 Å². The monoisotopic (exact) mass is 185 g/mol. The van der Waals surface area contributed by atoms with Crippen molar-refractivity contribution in [2.75, 3.05) is 6.54 Å². The first-order chi connectivity index (χ1) is 5.94. The number of carbonyl (C=O) groups is 1. The normalized spacial score (nSPS) is 21.5. The summed E-state index contributed by atoms with van der Waals surface area (Å²) in [6, 6.07) is 0.444. The summed E-state index contributed by atoms with van der Waals surface area (Å²) >= 11 is 0. The van der Waals surface area contributed by atoms with E-state index in [9.17, 15) is 4.79 Å². The summed E-state index contributed by atoms with van der Waals surface area (Å²) in [4.78, 5) is 13.2. The molecule has 1 atom stereocenters. The molecule has 0 bridgehead atoms. The van der Waals surface area contributed by atoms with Crippen molar-refractivity contribution in [3.05, 3.63) is 0 Å². The predicted octanol–water partition coefficient (Wildman–Crippen LogP) is 2.41. The molecule has 1 saturated heterocycles. The van der Waals surface area contributed by atoms with E-state index < -0.39 is 0 Å². The Hall–Kier alpha value is -0.730. The van der Waals surface area contributed by atoms with Crippen molar-refractivity contribution < 1.29 is 9.53 Å². The van der Waals surface area contributed by atoms with Crippen LogP contribution in [0.4, 0.5) is 4.79 Å². The lowest BCUT2D eigenvalue weighted by Crippen LogP contribution is -2.27. The summed E-state index contributed by atoms with van der Waals surface area (Å²) in [6.45, 7) is 8.68. The van der Waals surface area contributed by atoms with E-state index in [1.54, 1.807) is 4.90 Å². The average molecular weight is 185 g/mol. The van der Waals surface area contributed by atoms with Gasteiger partial charge in [-0.25, -0.2) is 4.79 Å². The molecule has 0 aliphatic carbocycles. The van der Waals surface area contributed by atoms with Gasteiger partial charge in [0.2, 0.25) is 0 Å². The Morgan fingerprint density at radius 1 is 1.54 bits per heavy atom. The van der Waals surface area contributed by atoms with Crippen LogP contribution in [0, 0.1) is 0 Å². The van der Waals surface area contributed by atoms with Crippen molar-refractivity contribution in [2.45, 2.75) is 52.2 Å². The second-order valence-electron chi connectivity index (χ2n) is 4.58. The van der Waals surface area contributed by atoms with E-state index in [1.165, 1.54) is 0 Å². The molecule has 0 aromatic rings. The minimum atomic E-state index is -0.365. The Kier molecular flexibility index (Phi) is 2.84. The first-order valence-corrected chi connectivity index (χ1v) is 4.93. The third-order valence-electron chi connectivity index (χ3n) is 1.96. The molecule has 76 valence electrons. The highest BCUT2D eigenvalue weighted by atomic mass is 16.6. The number of carbonyl (C=O) groups excluding carboxylic acids is 1. The molecule has 1 amide bonds. The van der Waals surface area contributed by atoms with Crippen molar-refractivity contribution in [2.24, 2.45) is 0 Å². The lowest BCUT2D eigenvalue weighted by molar-refractivity contribution is 0.0405. The largest absolute Gasteiger partial charge is 0.444 e. The van der Waals surface area contributed by atoms with Crippen molar-refractivity contribution in [3.63, 3.8) is 0 Å². The van der Waals surface area contributed by atoms with Crippen LogP contribution in [0.3, 0.4) is 0 Å². The standard InChI is InChI=1S/C10H19NO2/c1-5-6-8-7-11(8)9(12)13-10(2,3)4/h8H,5-7H2,1-4H3. The fourth-order valence-electron chi connectivity index (χ4n) is 1.30. The quantitative estimate of drug-likeness (QED) is 0.618. The summed E-state index contributed by atoms with van der Waals surface area (Å²) in [5.41, 5.74) is -0.365. The van der Waals surface area contributed by atoms with Gasteiger partial charge in [0.25, 0.3) is 0 Å². The first kappa shape index (κ1) is 10.4. The molecule has 0 spiro atoms. The molecule has 3 nitrogen and oxygen atoms in total. The smallest absolute Gasteiger partial charge is 0.410 e. The van der Waals surface area contributed by atoms with Crippen LogP contribution < -0.4 is 0 Å². The molecule has 0 aromatic heterocycles. The molecule has 0 radical (unpaired) electrons. The second-order valence-corrected chi connectivity index (χ2v) is 4.58. The topological polar surface area (TPSA) is 29.3 Å². The SMILES string of the molecule is CCCC1CN1C(=O)OC(C)(C)C. The molecule has 0 N–H and O–H groups in total. The number of rotatable bonds is 2. The van der Waals surface area contributed by atoms with E-state index in [0.717, 1.165) is 19.4 Å². The Balaban J connectivity index is 2.28. The number of ether oxygens (including phenoxy) is 1. The lowest BCUT2D eigenvalue weighted by atomic mass is 10.2. The zero-order chi connectivity index (χ0) is 10.1. The molecule has 0 saturated carbocycles. The Morgan fingerprint density at radius 2 is 2.15 bits per heavy atom. The van der Waals surface area contributed by atoms with Gasteiger partial charge in [0.1, 0.15) is 5.60 Å². The maximum Gasteiger partial charge on any atom is 0.410 e. The van der Waals surface area contributed by atoms with Gasteiger partial charge in [0.15, 0.2) is 0 Å². The average Bonchev–Trinajstić information content (AvgIpc) is 2.64. The van der Waals surface area contributed by atoms with Gasteiger partial charge < -0.3 is 9.64 Å². The number of hydrogen-bond acceptors (Lipinski definition) is 2. The maximum atomic E-state index is 11.4. The van der Waals surface area contributed by atoms with Crippen LogP contribution in [0.25, 0.3) is 0 Å². The molecule has 1 rings (SSSR count). The fraction of sp³-hybridized carbons (Fsp3) is 0.900. The molecule has 1 unspecified atom stereocenters. The fourth-order valence-corrected chi connectivity index (χ4v) is 1.30. The Labute approximate surface area is 80.1 Å². The van der Waals surface area contributed by atoms with Crippen LogP contribution in [0.2, 0.25) is 0 Å². The van der Waals surface area contributed by atoms with E-state index in [0.29, 0.717) is 6.04 Å². The van der Waals surface area contributed by atoms with Gasteiger partial charge in [0.05, 0.1) is 6.04 Å². The molecular formula is C10H19NO2. The molecule has 1 heterocycles. The van der Waals surface area contributed by atoms with E-state index in [4.69, 9.17) is 4.74 Å². The highest BCUT2D eigenvalue weighted by Crippen LogP contribution is 2.24. The van der Waals surface area contributed by atoms with E-state index in [1.807, 2.05) is 20.8 Å². The Bertz CT molecular complexity index is 196. The van der Waals surface area contributed by atoms with E-state index in [2.05, 4.69) is 6.92 Å². The maximum absolute atomic E-state index is 11.4. The summed E-state index contributed by atoms with van der Waals surface area (Å²) in [6.07, 6.45) is 2.06. The number of amides is 1. The zero-order valence-corrected chi connectivity index (χ0v) is 8.96. The number of hydrogen-bond donors (Lipinski definition) is 0. The summed E-state index contributed by atoms with van der Waals surface area (Å²) in [5, 5.41) is 0. The van der Waals surface area contributed by atoms with Gasteiger partial charge in [-0.1, -0.05) is 13.3 Å². The molecule has 1 aliphatic rings. The molecule has 0 aromatic carbocycles. The van der Waals surface area contributed by atoms with Crippen LogP contribution in [-0.2, 0) is 4.74 Å². The highest BCUT2D eigenvalue weighted by Gasteiger charge is 2.39. The molecular weight excluding hydrogens is 166 g/mol. The van der Waals surface area contributed by atoms with Gasteiger partial charge in [-0.2, -0.15) is 0 Å². The summed E-state index contributed by atoms with van der Waals surface area (Å²) < 4.78 is 5.23. The zero-order valence-electron chi connectivity index (χ0n) is 8.96. The van der Waals surface area contributed by atoms with Gasteiger partial charge in [-0.3, -0.25) is 0 Å². The second kappa shape index (κ2) is 3.56.